The minimum atomic E-state index is -0.439. The van der Waals surface area contributed by atoms with Gasteiger partial charge in [-0.25, -0.2) is 4.39 Å². The van der Waals surface area contributed by atoms with Gasteiger partial charge in [0.1, 0.15) is 0 Å². The molecular formula is C24H33FO6. The summed E-state index contributed by atoms with van der Waals surface area (Å²) in [7, 11) is 6.36. The Balaban J connectivity index is 2.10. The van der Waals surface area contributed by atoms with E-state index in [1.807, 2.05) is 30.3 Å². The molecule has 6 nitrogen and oxygen atoms in total. The first-order valence-corrected chi connectivity index (χ1v) is 10.4. The first kappa shape index (κ1) is 25.1. The molecule has 7 heteroatoms. The van der Waals surface area contributed by atoms with Crippen LogP contribution >= 0.6 is 0 Å². The highest BCUT2D eigenvalue weighted by atomic mass is 19.1. The maximum Gasteiger partial charge on any atom is 0.197 e. The van der Waals surface area contributed by atoms with Crippen LogP contribution in [-0.2, 0) is 18.9 Å². The van der Waals surface area contributed by atoms with E-state index in [0.717, 1.165) is 5.56 Å². The van der Waals surface area contributed by atoms with Gasteiger partial charge >= 0.3 is 0 Å². The molecule has 31 heavy (non-hydrogen) atoms. The maximum absolute atomic E-state index is 15.4. The van der Waals surface area contributed by atoms with Crippen molar-refractivity contribution in [3.05, 3.63) is 48.3 Å². The molecule has 0 amide bonds. The first-order chi connectivity index (χ1) is 15.1. The van der Waals surface area contributed by atoms with Crippen molar-refractivity contribution < 1.29 is 32.8 Å². The number of hydrogen-bond acceptors (Lipinski definition) is 6. The maximum atomic E-state index is 15.4. The van der Waals surface area contributed by atoms with Gasteiger partial charge in [-0.3, -0.25) is 0 Å². The molecule has 0 aliphatic carbocycles. The minimum absolute atomic E-state index is 0.114. The van der Waals surface area contributed by atoms with Crippen LogP contribution in [0.5, 0.6) is 11.5 Å². The molecule has 0 N–H and O–H groups in total. The topological polar surface area (TPSA) is 55.4 Å². The van der Waals surface area contributed by atoms with E-state index >= 15 is 4.39 Å². The van der Waals surface area contributed by atoms with Gasteiger partial charge in [0.05, 0.1) is 13.2 Å². The zero-order valence-corrected chi connectivity index (χ0v) is 18.8. The molecule has 172 valence electrons. The second-order valence-corrected chi connectivity index (χ2v) is 6.90. The summed E-state index contributed by atoms with van der Waals surface area (Å²) in [6, 6.07) is 12.8. The lowest BCUT2D eigenvalue weighted by atomic mass is 10.0. The van der Waals surface area contributed by atoms with E-state index in [-0.39, 0.29) is 18.3 Å². The SMILES string of the molecule is COC(CCCOc1ccc(-c2ccccc2)c(F)c1OCCCC(OC)OC)OC. The van der Waals surface area contributed by atoms with Crippen LogP contribution < -0.4 is 9.47 Å². The molecule has 0 bridgehead atoms. The zero-order chi connectivity index (χ0) is 22.5. The Morgan fingerprint density at radius 3 is 1.81 bits per heavy atom. The zero-order valence-electron chi connectivity index (χ0n) is 18.8. The molecular weight excluding hydrogens is 403 g/mol. The van der Waals surface area contributed by atoms with E-state index in [1.165, 1.54) is 0 Å². The number of benzene rings is 2. The molecule has 0 radical (unpaired) electrons. The number of ether oxygens (including phenoxy) is 6. The highest BCUT2D eigenvalue weighted by Gasteiger charge is 2.18. The third-order valence-corrected chi connectivity index (χ3v) is 4.87. The Hall–Kier alpha value is -2.19. The molecule has 2 aromatic carbocycles. The van der Waals surface area contributed by atoms with Gasteiger partial charge in [-0.1, -0.05) is 30.3 Å². The second kappa shape index (κ2) is 14.0. The second-order valence-electron chi connectivity index (χ2n) is 6.90. The molecule has 0 spiro atoms. The van der Waals surface area contributed by atoms with E-state index in [4.69, 9.17) is 28.4 Å². The van der Waals surface area contributed by atoms with E-state index in [2.05, 4.69) is 0 Å². The fourth-order valence-corrected chi connectivity index (χ4v) is 3.15. The van der Waals surface area contributed by atoms with Crippen molar-refractivity contribution >= 4 is 0 Å². The van der Waals surface area contributed by atoms with Crippen molar-refractivity contribution in [1.82, 2.24) is 0 Å². The van der Waals surface area contributed by atoms with Gasteiger partial charge in [-0.05, 0) is 30.5 Å². The summed E-state index contributed by atoms with van der Waals surface area (Å²) in [5.41, 5.74) is 1.24. The monoisotopic (exact) mass is 436 g/mol. The number of methoxy groups -OCH3 is 4. The number of rotatable bonds is 15. The summed E-state index contributed by atoms with van der Waals surface area (Å²) in [6.45, 7) is 0.698. The lowest BCUT2D eigenvalue weighted by Crippen LogP contribution is -2.15. The Bertz CT molecular complexity index is 747. The van der Waals surface area contributed by atoms with Gasteiger partial charge < -0.3 is 28.4 Å². The molecule has 0 heterocycles. The molecule has 0 saturated carbocycles. The van der Waals surface area contributed by atoms with Crippen LogP contribution in [0.2, 0.25) is 0 Å². The van der Waals surface area contributed by atoms with Crippen molar-refractivity contribution in [3.8, 4) is 22.6 Å². The summed E-state index contributed by atoms with van der Waals surface area (Å²) in [5.74, 6) is 0.0479. The molecule has 0 unspecified atom stereocenters. The van der Waals surface area contributed by atoms with Crippen LogP contribution in [0, 0.1) is 5.82 Å². The van der Waals surface area contributed by atoms with Crippen LogP contribution in [0.25, 0.3) is 11.1 Å². The summed E-state index contributed by atoms with van der Waals surface area (Å²) in [4.78, 5) is 0. The van der Waals surface area contributed by atoms with Gasteiger partial charge in [-0.15, -0.1) is 0 Å². The Kier molecular flexibility index (Phi) is 11.3. The standard InChI is InChI=1S/C24H33FO6/c1-26-21(27-2)12-8-16-30-20-15-14-19(18-10-6-5-7-11-18)23(25)24(20)31-17-9-13-22(28-3)29-4/h5-7,10-11,14-15,21-22H,8-9,12-13,16-17H2,1-4H3. The first-order valence-electron chi connectivity index (χ1n) is 10.4. The van der Waals surface area contributed by atoms with Crippen LogP contribution in [0.1, 0.15) is 25.7 Å². The van der Waals surface area contributed by atoms with Crippen molar-refractivity contribution in [2.24, 2.45) is 0 Å². The van der Waals surface area contributed by atoms with Crippen molar-refractivity contribution in [2.45, 2.75) is 38.3 Å². The third-order valence-electron chi connectivity index (χ3n) is 4.87. The largest absolute Gasteiger partial charge is 0.490 e. The van der Waals surface area contributed by atoms with Gasteiger partial charge in [0.25, 0.3) is 0 Å². The Labute approximate surface area is 184 Å². The van der Waals surface area contributed by atoms with Gasteiger partial charge in [0.15, 0.2) is 29.9 Å². The molecule has 0 aromatic heterocycles. The van der Waals surface area contributed by atoms with Crippen LogP contribution in [0.3, 0.4) is 0 Å². The van der Waals surface area contributed by atoms with Crippen LogP contribution in [-0.4, -0.2) is 54.2 Å². The Morgan fingerprint density at radius 2 is 1.26 bits per heavy atom. The van der Waals surface area contributed by atoms with Gasteiger partial charge in [0.2, 0.25) is 0 Å². The normalized spacial score (nSPS) is 11.3. The number of hydrogen-bond donors (Lipinski definition) is 0. The van der Waals surface area contributed by atoms with E-state index in [9.17, 15) is 0 Å². The lowest BCUT2D eigenvalue weighted by molar-refractivity contribution is -0.108. The predicted molar refractivity (Wildman–Crippen MR) is 117 cm³/mol. The fourth-order valence-electron chi connectivity index (χ4n) is 3.15. The van der Waals surface area contributed by atoms with Crippen LogP contribution in [0.15, 0.2) is 42.5 Å². The Morgan fingerprint density at radius 1 is 0.710 bits per heavy atom. The molecule has 0 atom stereocenters. The molecule has 2 rings (SSSR count). The van der Waals surface area contributed by atoms with Gasteiger partial charge in [0, 0.05) is 46.8 Å². The smallest absolute Gasteiger partial charge is 0.197 e. The average Bonchev–Trinajstić information content (AvgIpc) is 2.81. The minimum Gasteiger partial charge on any atom is -0.490 e. The quantitative estimate of drug-likeness (QED) is 0.288. The fraction of sp³-hybridized carbons (Fsp3) is 0.500. The van der Waals surface area contributed by atoms with E-state index in [1.54, 1.807) is 40.6 Å². The van der Waals surface area contributed by atoms with Crippen molar-refractivity contribution in [3.63, 3.8) is 0 Å². The van der Waals surface area contributed by atoms with Crippen molar-refractivity contribution in [1.29, 1.82) is 0 Å². The third kappa shape index (κ3) is 7.78. The summed E-state index contributed by atoms with van der Waals surface area (Å²) in [5, 5.41) is 0. The summed E-state index contributed by atoms with van der Waals surface area (Å²) < 4.78 is 47.8. The van der Waals surface area contributed by atoms with Crippen molar-refractivity contribution in [2.75, 3.05) is 41.7 Å². The molecule has 0 aliphatic heterocycles. The lowest BCUT2D eigenvalue weighted by Gasteiger charge is -2.18. The molecule has 0 aliphatic rings. The molecule has 2 aromatic rings. The number of halogens is 1. The molecule has 0 saturated heterocycles. The summed E-state index contributed by atoms with van der Waals surface area (Å²) in [6.07, 6.45) is 2.05. The summed E-state index contributed by atoms with van der Waals surface area (Å²) >= 11 is 0. The highest BCUT2D eigenvalue weighted by molar-refractivity contribution is 5.68. The molecule has 0 fully saturated rings. The van der Waals surface area contributed by atoms with E-state index < -0.39 is 5.82 Å². The van der Waals surface area contributed by atoms with Crippen LogP contribution in [0.4, 0.5) is 4.39 Å². The van der Waals surface area contributed by atoms with Gasteiger partial charge in [-0.2, -0.15) is 0 Å². The average molecular weight is 437 g/mol. The highest BCUT2D eigenvalue weighted by Crippen LogP contribution is 2.37. The predicted octanol–water partition coefficient (Wildman–Crippen LogP) is 5.05. The van der Waals surface area contributed by atoms with E-state index in [0.29, 0.717) is 50.2 Å².